The first kappa shape index (κ1) is 35.2. The summed E-state index contributed by atoms with van der Waals surface area (Å²) in [5.74, 6) is -1.05. The number of carboxylic acids is 1. The standard InChI is InChI=1S/C30H44N4O7S/c1-24(19-28(31-23-42)20-25(2)30(36)37)21-33-7-11-38-15-17-40-13-9-34(10-14-41-18-16-39-12-8-33)22-27-5-4-6-29(32-27)26(3)35/h4-6,19-20,23,35H,1,3,7-18,21-22H2,2H3,(H,31,42)(H,36,37)/b25-20+,28-19+. The molecule has 1 fully saturated rings. The van der Waals surface area contributed by atoms with Crippen LogP contribution in [0.3, 0.4) is 0 Å². The van der Waals surface area contributed by atoms with Crippen LogP contribution in [0.1, 0.15) is 18.3 Å². The Morgan fingerprint density at radius 1 is 0.929 bits per heavy atom. The first-order valence-electron chi connectivity index (χ1n) is 13.9. The number of nitrogens with one attached hydrogen (secondary N) is 1. The van der Waals surface area contributed by atoms with E-state index in [-0.39, 0.29) is 11.3 Å². The van der Waals surface area contributed by atoms with Crippen LogP contribution in [0.25, 0.3) is 5.76 Å². The van der Waals surface area contributed by atoms with Gasteiger partial charge in [-0.1, -0.05) is 31.4 Å². The van der Waals surface area contributed by atoms with Crippen LogP contribution in [0.2, 0.25) is 0 Å². The Hall–Kier alpha value is -2.97. The summed E-state index contributed by atoms with van der Waals surface area (Å²) in [5.41, 5.74) is 4.15. The Morgan fingerprint density at radius 3 is 1.98 bits per heavy atom. The molecule has 1 aromatic heterocycles. The minimum absolute atomic E-state index is 0.0536. The summed E-state index contributed by atoms with van der Waals surface area (Å²) in [6.45, 7) is 17.0. The molecule has 0 bridgehead atoms. The molecule has 11 nitrogen and oxygen atoms in total. The van der Waals surface area contributed by atoms with Crippen LogP contribution in [-0.4, -0.2) is 122 Å². The number of carboxylic acid groups (broad SMARTS) is 1. The second-order valence-electron chi connectivity index (χ2n) is 9.62. The van der Waals surface area contributed by atoms with Crippen molar-refractivity contribution in [2.75, 3.05) is 85.6 Å². The highest BCUT2D eigenvalue weighted by Gasteiger charge is 2.11. The topological polar surface area (TPSA) is 126 Å². The van der Waals surface area contributed by atoms with Crippen LogP contribution in [0.5, 0.6) is 0 Å². The monoisotopic (exact) mass is 604 g/mol. The summed E-state index contributed by atoms with van der Waals surface area (Å²) in [7, 11) is 0. The summed E-state index contributed by atoms with van der Waals surface area (Å²) in [6, 6.07) is 5.50. The lowest BCUT2D eigenvalue weighted by atomic mass is 10.2. The molecule has 1 aliphatic rings. The highest BCUT2D eigenvalue weighted by atomic mass is 32.1. The van der Waals surface area contributed by atoms with Gasteiger partial charge in [0.25, 0.3) is 0 Å². The van der Waals surface area contributed by atoms with Crippen molar-refractivity contribution in [2.24, 2.45) is 0 Å². The number of aliphatic hydroxyl groups excluding tert-OH is 1. The van der Waals surface area contributed by atoms with E-state index in [1.54, 1.807) is 12.1 Å². The van der Waals surface area contributed by atoms with Gasteiger partial charge in [-0.15, -0.1) is 0 Å². The Kier molecular flexibility index (Phi) is 17.5. The van der Waals surface area contributed by atoms with E-state index in [4.69, 9.17) is 31.2 Å². The Balaban J connectivity index is 1.89. The SMILES string of the molecule is C=C(/C=C(\C=C(/C)C(=O)O)NC=S)CN1CCOCCOCCN(Cc2cccc(C(=C)O)n2)CCOCCOCC1. The van der Waals surface area contributed by atoms with Gasteiger partial charge in [0.15, 0.2) is 0 Å². The summed E-state index contributed by atoms with van der Waals surface area (Å²) >= 11 is 4.88. The number of aliphatic hydroxyl groups is 1. The van der Waals surface area contributed by atoms with E-state index in [2.05, 4.69) is 33.3 Å². The number of nitrogens with zero attached hydrogens (tertiary/aromatic N) is 3. The highest BCUT2D eigenvalue weighted by Crippen LogP contribution is 2.10. The van der Waals surface area contributed by atoms with Crippen molar-refractivity contribution in [3.63, 3.8) is 0 Å². The fraction of sp³-hybridized carbons (Fsp3) is 0.500. The molecule has 12 heteroatoms. The van der Waals surface area contributed by atoms with Gasteiger partial charge in [0.2, 0.25) is 0 Å². The van der Waals surface area contributed by atoms with E-state index in [9.17, 15) is 15.0 Å². The van der Waals surface area contributed by atoms with E-state index in [1.807, 2.05) is 12.1 Å². The summed E-state index contributed by atoms with van der Waals surface area (Å²) < 4.78 is 23.3. The van der Waals surface area contributed by atoms with Gasteiger partial charge >= 0.3 is 5.97 Å². The molecule has 0 saturated carbocycles. The van der Waals surface area contributed by atoms with Gasteiger partial charge in [-0.3, -0.25) is 9.80 Å². The van der Waals surface area contributed by atoms with Gasteiger partial charge in [-0.25, -0.2) is 9.78 Å². The highest BCUT2D eigenvalue weighted by molar-refractivity contribution is 7.78. The molecule has 1 aliphatic heterocycles. The maximum Gasteiger partial charge on any atom is 0.331 e. The lowest BCUT2D eigenvalue weighted by Gasteiger charge is -2.24. The van der Waals surface area contributed by atoms with E-state index in [0.29, 0.717) is 104 Å². The van der Waals surface area contributed by atoms with Crippen LogP contribution in [0.15, 0.2) is 60.4 Å². The number of thiocarbonyl (C=S) groups is 1. The number of hydrogen-bond donors (Lipinski definition) is 3. The van der Waals surface area contributed by atoms with Crippen molar-refractivity contribution >= 4 is 29.4 Å². The number of carbonyl (C=O) groups is 1. The first-order valence-corrected chi connectivity index (χ1v) is 14.4. The number of pyridine rings is 1. The van der Waals surface area contributed by atoms with Gasteiger partial charge in [0.1, 0.15) is 11.5 Å². The van der Waals surface area contributed by atoms with Crippen molar-refractivity contribution in [3.8, 4) is 0 Å². The molecule has 42 heavy (non-hydrogen) atoms. The molecule has 0 atom stereocenters. The summed E-state index contributed by atoms with van der Waals surface area (Å²) in [6.07, 6.45) is 3.30. The Morgan fingerprint density at radius 2 is 1.48 bits per heavy atom. The molecule has 0 amide bonds. The van der Waals surface area contributed by atoms with Gasteiger partial charge in [-0.05, 0) is 36.8 Å². The molecule has 1 aromatic rings. The molecule has 0 aliphatic carbocycles. The molecule has 1 saturated heterocycles. The van der Waals surface area contributed by atoms with Crippen molar-refractivity contribution in [2.45, 2.75) is 13.5 Å². The predicted molar refractivity (Wildman–Crippen MR) is 166 cm³/mol. The third kappa shape index (κ3) is 15.3. The molecule has 2 rings (SSSR count). The van der Waals surface area contributed by atoms with Crippen LogP contribution >= 0.6 is 12.2 Å². The third-order valence-corrected chi connectivity index (χ3v) is 6.28. The fourth-order valence-electron chi connectivity index (χ4n) is 3.96. The van der Waals surface area contributed by atoms with Crippen molar-refractivity contribution in [3.05, 3.63) is 71.7 Å². The zero-order chi connectivity index (χ0) is 30.6. The summed E-state index contributed by atoms with van der Waals surface area (Å²) in [4.78, 5) is 20.0. The lowest BCUT2D eigenvalue weighted by molar-refractivity contribution is -0.132. The van der Waals surface area contributed by atoms with E-state index >= 15 is 0 Å². The molecule has 2 heterocycles. The molecular weight excluding hydrogens is 560 g/mol. The Labute approximate surface area is 254 Å². The number of aromatic nitrogens is 1. The van der Waals surface area contributed by atoms with E-state index in [1.165, 1.54) is 18.5 Å². The largest absolute Gasteiger partial charge is 0.506 e. The minimum Gasteiger partial charge on any atom is -0.506 e. The van der Waals surface area contributed by atoms with Crippen molar-refractivity contribution in [1.29, 1.82) is 0 Å². The first-order chi connectivity index (χ1) is 20.3. The lowest BCUT2D eigenvalue weighted by Crippen LogP contribution is -2.34. The average molecular weight is 605 g/mol. The quantitative estimate of drug-likeness (QED) is 0.157. The molecule has 0 aromatic carbocycles. The predicted octanol–water partition coefficient (Wildman–Crippen LogP) is 2.81. The molecule has 232 valence electrons. The number of aliphatic carboxylic acids is 1. The number of allylic oxidation sites excluding steroid dienone is 1. The summed E-state index contributed by atoms with van der Waals surface area (Å²) in [5, 5.41) is 21.7. The number of ether oxygens (including phenoxy) is 4. The van der Waals surface area contributed by atoms with Gasteiger partial charge in [-0.2, -0.15) is 0 Å². The van der Waals surface area contributed by atoms with Crippen molar-refractivity contribution in [1.82, 2.24) is 20.1 Å². The van der Waals surface area contributed by atoms with Crippen LogP contribution < -0.4 is 5.32 Å². The zero-order valence-electron chi connectivity index (χ0n) is 24.5. The average Bonchev–Trinajstić information content (AvgIpc) is 2.95. The second kappa shape index (κ2) is 20.8. The fourth-order valence-corrected chi connectivity index (χ4v) is 4.09. The normalized spacial score (nSPS) is 18.4. The van der Waals surface area contributed by atoms with Crippen LogP contribution in [-0.2, 0) is 30.3 Å². The maximum atomic E-state index is 11.2. The molecule has 0 spiro atoms. The number of rotatable bonds is 10. The van der Waals surface area contributed by atoms with Crippen molar-refractivity contribution < 1.29 is 34.0 Å². The second-order valence-corrected chi connectivity index (χ2v) is 9.85. The zero-order valence-corrected chi connectivity index (χ0v) is 25.3. The molecular formula is C30H44N4O7S. The Bertz CT molecular complexity index is 1060. The van der Waals surface area contributed by atoms with E-state index in [0.717, 1.165) is 11.3 Å². The van der Waals surface area contributed by atoms with Gasteiger partial charge < -0.3 is 34.5 Å². The smallest absolute Gasteiger partial charge is 0.331 e. The van der Waals surface area contributed by atoms with Gasteiger partial charge in [0, 0.05) is 50.5 Å². The maximum absolute atomic E-state index is 11.2. The molecule has 0 radical (unpaired) electrons. The van der Waals surface area contributed by atoms with Crippen LogP contribution in [0.4, 0.5) is 0 Å². The third-order valence-electron chi connectivity index (χ3n) is 6.16. The van der Waals surface area contributed by atoms with Crippen LogP contribution in [0, 0.1) is 0 Å². The van der Waals surface area contributed by atoms with E-state index < -0.39 is 5.97 Å². The van der Waals surface area contributed by atoms with Gasteiger partial charge in [0.05, 0.1) is 64.0 Å². The number of hydrogen-bond acceptors (Lipinski definition) is 10. The minimum atomic E-state index is -1.00. The molecule has 0 unspecified atom stereocenters. The molecule has 3 N–H and O–H groups in total.